The summed E-state index contributed by atoms with van der Waals surface area (Å²) in [5.41, 5.74) is 1.71. The number of ketones is 1. The number of benzene rings is 2. The van der Waals surface area contributed by atoms with Crippen molar-refractivity contribution in [1.82, 2.24) is 0 Å². The molecule has 0 radical (unpaired) electrons. The zero-order valence-corrected chi connectivity index (χ0v) is 13.9. The minimum atomic E-state index is -0.0401. The minimum Gasteiger partial charge on any atom is -0.493 e. The maximum Gasteiger partial charge on any atom is 0.169 e. The van der Waals surface area contributed by atoms with Crippen LogP contribution in [0.3, 0.4) is 0 Å². The molecule has 21 heavy (non-hydrogen) atoms. The summed E-state index contributed by atoms with van der Waals surface area (Å²) in [6, 6.07) is 11.1. The number of aryl methyl sites for hydroxylation is 1. The molecule has 0 unspecified atom stereocenters. The number of methoxy groups -OCH3 is 1. The van der Waals surface area contributed by atoms with Gasteiger partial charge in [-0.1, -0.05) is 28.9 Å². The smallest absolute Gasteiger partial charge is 0.169 e. The van der Waals surface area contributed by atoms with Crippen molar-refractivity contribution >= 4 is 21.7 Å². The molecule has 0 amide bonds. The first kappa shape index (κ1) is 15.6. The summed E-state index contributed by atoms with van der Waals surface area (Å²) in [7, 11) is 1.61. The fraction of sp³-hybridized carbons (Fsp3) is 0.235. The van der Waals surface area contributed by atoms with Gasteiger partial charge in [0.25, 0.3) is 0 Å². The summed E-state index contributed by atoms with van der Waals surface area (Å²) in [6.45, 7) is 3.60. The number of hydrogen-bond acceptors (Lipinski definition) is 3. The number of ether oxygens (including phenoxy) is 2. The highest BCUT2D eigenvalue weighted by molar-refractivity contribution is 9.10. The predicted octanol–water partition coefficient (Wildman–Crippen LogP) is 5.02. The van der Waals surface area contributed by atoms with Crippen molar-refractivity contribution in [2.24, 2.45) is 0 Å². The largest absolute Gasteiger partial charge is 0.493 e. The monoisotopic (exact) mass is 348 g/mol. The van der Waals surface area contributed by atoms with Crippen LogP contribution in [0, 0.1) is 0 Å². The van der Waals surface area contributed by atoms with Gasteiger partial charge in [-0.3, -0.25) is 4.79 Å². The summed E-state index contributed by atoms with van der Waals surface area (Å²) in [6.07, 6.45) is 0.923. The lowest BCUT2D eigenvalue weighted by molar-refractivity contribution is 0.101. The Morgan fingerprint density at radius 3 is 2.48 bits per heavy atom. The molecule has 0 aliphatic heterocycles. The van der Waals surface area contributed by atoms with Gasteiger partial charge in [-0.05, 0) is 49.2 Å². The van der Waals surface area contributed by atoms with Crippen molar-refractivity contribution in [1.29, 1.82) is 0 Å². The molecule has 0 fully saturated rings. The maximum atomic E-state index is 11.7. The average molecular weight is 349 g/mol. The normalized spacial score (nSPS) is 10.3. The average Bonchev–Trinajstić information content (AvgIpc) is 2.47. The summed E-state index contributed by atoms with van der Waals surface area (Å²) >= 11 is 3.39. The molecule has 2 aromatic rings. The fourth-order valence-corrected chi connectivity index (χ4v) is 2.35. The minimum absolute atomic E-state index is 0.0401. The highest BCUT2D eigenvalue weighted by Gasteiger charge is 2.13. The molecule has 0 aromatic heterocycles. The Hall–Kier alpha value is -1.81. The lowest BCUT2D eigenvalue weighted by Crippen LogP contribution is -1.98. The van der Waals surface area contributed by atoms with Crippen molar-refractivity contribution < 1.29 is 14.3 Å². The van der Waals surface area contributed by atoms with Crippen molar-refractivity contribution in [3.05, 3.63) is 52.0 Å². The lowest BCUT2D eigenvalue weighted by Gasteiger charge is -2.13. The Kier molecular flexibility index (Phi) is 5.02. The summed E-state index contributed by atoms with van der Waals surface area (Å²) in [5, 5.41) is 0. The van der Waals surface area contributed by atoms with Gasteiger partial charge in [0.15, 0.2) is 17.3 Å². The van der Waals surface area contributed by atoms with Gasteiger partial charge in [-0.25, -0.2) is 0 Å². The van der Waals surface area contributed by atoms with Gasteiger partial charge < -0.3 is 9.47 Å². The van der Waals surface area contributed by atoms with Crippen LogP contribution in [-0.4, -0.2) is 12.9 Å². The Morgan fingerprint density at radius 1 is 1.10 bits per heavy atom. The van der Waals surface area contributed by atoms with Gasteiger partial charge in [-0.2, -0.15) is 0 Å². The molecule has 0 aliphatic rings. The molecule has 110 valence electrons. The summed E-state index contributed by atoms with van der Waals surface area (Å²) in [5.74, 6) is 1.72. The van der Waals surface area contributed by atoms with E-state index in [1.54, 1.807) is 19.2 Å². The van der Waals surface area contributed by atoms with Crippen LogP contribution in [0.5, 0.6) is 17.2 Å². The van der Waals surface area contributed by atoms with Gasteiger partial charge in [0.05, 0.1) is 12.7 Å². The van der Waals surface area contributed by atoms with Gasteiger partial charge in [0, 0.05) is 4.47 Å². The highest BCUT2D eigenvalue weighted by Crippen LogP contribution is 2.35. The SMILES string of the molecule is CCc1ccc(Oc2cc(Br)ccc2C(C)=O)c(OC)c1. The second-order valence-corrected chi connectivity index (χ2v) is 5.55. The standard InChI is InChI=1S/C17H17BrO3/c1-4-12-5-8-15(17(9-12)20-3)21-16-10-13(18)6-7-14(16)11(2)19/h5-10H,4H2,1-3H3. The molecule has 0 aliphatic carbocycles. The maximum absolute atomic E-state index is 11.7. The van der Waals surface area contributed by atoms with E-state index in [1.165, 1.54) is 12.5 Å². The third-order valence-electron chi connectivity index (χ3n) is 3.18. The second kappa shape index (κ2) is 6.76. The van der Waals surface area contributed by atoms with Gasteiger partial charge in [-0.15, -0.1) is 0 Å². The number of hydrogen-bond donors (Lipinski definition) is 0. The quantitative estimate of drug-likeness (QED) is 0.712. The first-order chi connectivity index (χ1) is 10.0. The Bertz CT molecular complexity index is 665. The van der Waals surface area contributed by atoms with E-state index in [9.17, 15) is 4.79 Å². The van der Waals surface area contributed by atoms with Crippen LogP contribution < -0.4 is 9.47 Å². The van der Waals surface area contributed by atoms with Crippen LogP contribution >= 0.6 is 15.9 Å². The molecule has 0 saturated carbocycles. The highest BCUT2D eigenvalue weighted by atomic mass is 79.9. The molecule has 0 spiro atoms. The van der Waals surface area contributed by atoms with E-state index in [0.29, 0.717) is 22.8 Å². The zero-order chi connectivity index (χ0) is 15.4. The van der Waals surface area contributed by atoms with Crippen LogP contribution in [0.2, 0.25) is 0 Å². The third kappa shape index (κ3) is 3.64. The Morgan fingerprint density at radius 2 is 1.86 bits per heavy atom. The summed E-state index contributed by atoms with van der Waals surface area (Å²) < 4.78 is 12.1. The Balaban J connectivity index is 2.42. The first-order valence-corrected chi connectivity index (χ1v) is 7.49. The van der Waals surface area contributed by atoms with E-state index in [2.05, 4.69) is 22.9 Å². The van der Waals surface area contributed by atoms with Crippen LogP contribution in [-0.2, 0) is 6.42 Å². The van der Waals surface area contributed by atoms with Crippen molar-refractivity contribution in [3.8, 4) is 17.2 Å². The molecule has 4 heteroatoms. The molecule has 3 nitrogen and oxygen atoms in total. The van der Waals surface area contributed by atoms with Crippen molar-refractivity contribution in [2.45, 2.75) is 20.3 Å². The molecule has 2 aromatic carbocycles. The van der Waals surface area contributed by atoms with Crippen molar-refractivity contribution in [3.63, 3.8) is 0 Å². The van der Waals surface area contributed by atoms with E-state index in [0.717, 1.165) is 10.9 Å². The number of rotatable bonds is 5. The zero-order valence-electron chi connectivity index (χ0n) is 12.3. The predicted molar refractivity (Wildman–Crippen MR) is 86.6 cm³/mol. The number of carbonyl (C=O) groups excluding carboxylic acids is 1. The number of halogens is 1. The van der Waals surface area contributed by atoms with Crippen LogP contribution in [0.25, 0.3) is 0 Å². The molecule has 2 rings (SSSR count). The van der Waals surface area contributed by atoms with Crippen LogP contribution in [0.4, 0.5) is 0 Å². The third-order valence-corrected chi connectivity index (χ3v) is 3.67. The fourth-order valence-electron chi connectivity index (χ4n) is 2.01. The lowest BCUT2D eigenvalue weighted by atomic mass is 10.1. The van der Waals surface area contributed by atoms with Crippen LogP contribution in [0.1, 0.15) is 29.8 Å². The number of carbonyl (C=O) groups is 1. The molecular weight excluding hydrogens is 332 g/mol. The van der Waals surface area contributed by atoms with E-state index in [1.807, 2.05) is 24.3 Å². The topological polar surface area (TPSA) is 35.5 Å². The molecule has 0 N–H and O–H groups in total. The number of Topliss-reactive ketones (excluding diaryl/α,β-unsaturated/α-hetero) is 1. The van der Waals surface area contributed by atoms with E-state index < -0.39 is 0 Å². The second-order valence-electron chi connectivity index (χ2n) is 4.64. The van der Waals surface area contributed by atoms with Crippen LogP contribution in [0.15, 0.2) is 40.9 Å². The molecule has 0 heterocycles. The molecule has 0 atom stereocenters. The van der Waals surface area contributed by atoms with Gasteiger partial charge >= 0.3 is 0 Å². The van der Waals surface area contributed by atoms with E-state index in [4.69, 9.17) is 9.47 Å². The van der Waals surface area contributed by atoms with E-state index >= 15 is 0 Å². The summed E-state index contributed by atoms with van der Waals surface area (Å²) in [4.78, 5) is 11.7. The Labute approximate surface area is 133 Å². The molecular formula is C17H17BrO3. The molecule has 0 bridgehead atoms. The van der Waals surface area contributed by atoms with Gasteiger partial charge in [0.1, 0.15) is 5.75 Å². The van der Waals surface area contributed by atoms with Gasteiger partial charge in [0.2, 0.25) is 0 Å². The van der Waals surface area contributed by atoms with E-state index in [-0.39, 0.29) is 5.78 Å². The van der Waals surface area contributed by atoms with Crippen molar-refractivity contribution in [2.75, 3.05) is 7.11 Å². The molecule has 0 saturated heterocycles. The first-order valence-electron chi connectivity index (χ1n) is 6.70.